The van der Waals surface area contributed by atoms with Crippen LogP contribution >= 0.6 is 0 Å². The SMILES string of the molecule is COc1ccccc1-c1nc(C#N)c(N2C[C@H](C)C[C@@H](C)C2)o1. The van der Waals surface area contributed by atoms with Crippen LogP contribution in [0.1, 0.15) is 26.0 Å². The van der Waals surface area contributed by atoms with Crippen LogP contribution in [0, 0.1) is 23.2 Å². The first kappa shape index (κ1) is 15.4. The fourth-order valence-corrected chi connectivity index (χ4v) is 3.36. The number of piperidine rings is 1. The number of nitriles is 1. The average molecular weight is 311 g/mol. The van der Waals surface area contributed by atoms with Crippen molar-refractivity contribution in [2.24, 2.45) is 11.8 Å². The highest BCUT2D eigenvalue weighted by molar-refractivity contribution is 5.65. The van der Waals surface area contributed by atoms with Crippen LogP contribution in [0.25, 0.3) is 11.5 Å². The number of nitrogens with zero attached hydrogens (tertiary/aromatic N) is 3. The molecule has 5 heteroatoms. The van der Waals surface area contributed by atoms with E-state index in [0.29, 0.717) is 35.1 Å². The van der Waals surface area contributed by atoms with Crippen molar-refractivity contribution in [2.45, 2.75) is 20.3 Å². The number of hydrogen-bond donors (Lipinski definition) is 0. The maximum atomic E-state index is 9.44. The number of rotatable bonds is 3. The fraction of sp³-hybridized carbons (Fsp3) is 0.444. The van der Waals surface area contributed by atoms with E-state index in [0.717, 1.165) is 18.7 Å². The van der Waals surface area contributed by atoms with Crippen LogP contribution in [0.15, 0.2) is 28.7 Å². The second-order valence-electron chi connectivity index (χ2n) is 6.34. The van der Waals surface area contributed by atoms with Gasteiger partial charge in [-0.1, -0.05) is 26.0 Å². The largest absolute Gasteiger partial charge is 0.496 e. The van der Waals surface area contributed by atoms with Gasteiger partial charge in [-0.25, -0.2) is 0 Å². The summed E-state index contributed by atoms with van der Waals surface area (Å²) in [6.07, 6.45) is 1.20. The van der Waals surface area contributed by atoms with Gasteiger partial charge in [0.1, 0.15) is 11.8 Å². The Kier molecular flexibility index (Phi) is 4.24. The van der Waals surface area contributed by atoms with Crippen LogP contribution in [-0.2, 0) is 0 Å². The summed E-state index contributed by atoms with van der Waals surface area (Å²) in [5.74, 6) is 2.84. The monoisotopic (exact) mass is 311 g/mol. The van der Waals surface area contributed by atoms with Crippen molar-refractivity contribution in [1.82, 2.24) is 4.98 Å². The quantitative estimate of drug-likeness (QED) is 0.864. The summed E-state index contributed by atoms with van der Waals surface area (Å²) in [5, 5.41) is 9.44. The second kappa shape index (κ2) is 6.33. The van der Waals surface area contributed by atoms with E-state index in [1.165, 1.54) is 6.42 Å². The van der Waals surface area contributed by atoms with E-state index in [4.69, 9.17) is 9.15 Å². The molecule has 0 saturated carbocycles. The van der Waals surface area contributed by atoms with E-state index in [2.05, 4.69) is 29.8 Å². The minimum absolute atomic E-state index is 0.340. The Morgan fingerprint density at radius 1 is 1.26 bits per heavy atom. The predicted octanol–water partition coefficient (Wildman–Crippen LogP) is 3.70. The van der Waals surface area contributed by atoms with E-state index in [1.807, 2.05) is 24.3 Å². The normalized spacial score (nSPS) is 21.0. The van der Waals surface area contributed by atoms with Crippen molar-refractivity contribution in [3.8, 4) is 23.3 Å². The van der Waals surface area contributed by atoms with E-state index in [1.54, 1.807) is 7.11 Å². The summed E-state index contributed by atoms with van der Waals surface area (Å²) in [5.41, 5.74) is 1.10. The van der Waals surface area contributed by atoms with E-state index >= 15 is 0 Å². The van der Waals surface area contributed by atoms with Crippen LogP contribution < -0.4 is 9.64 Å². The molecule has 0 N–H and O–H groups in total. The molecular weight excluding hydrogens is 290 g/mol. The Morgan fingerprint density at radius 2 is 1.96 bits per heavy atom. The lowest BCUT2D eigenvalue weighted by Gasteiger charge is -2.34. The molecule has 2 heterocycles. The van der Waals surface area contributed by atoms with Gasteiger partial charge >= 0.3 is 0 Å². The summed E-state index contributed by atoms with van der Waals surface area (Å²) in [7, 11) is 1.61. The molecule has 0 amide bonds. The molecular formula is C18H21N3O2. The van der Waals surface area contributed by atoms with Gasteiger partial charge in [-0.2, -0.15) is 10.2 Å². The Hall–Kier alpha value is -2.48. The third-order valence-electron chi connectivity index (χ3n) is 4.21. The van der Waals surface area contributed by atoms with Crippen LogP contribution in [0.2, 0.25) is 0 Å². The minimum atomic E-state index is 0.340. The molecule has 1 aliphatic heterocycles. The number of oxazole rings is 1. The lowest BCUT2D eigenvalue weighted by atomic mass is 9.92. The van der Waals surface area contributed by atoms with Crippen LogP contribution in [0.3, 0.4) is 0 Å². The molecule has 1 saturated heterocycles. The first-order chi connectivity index (χ1) is 11.1. The zero-order valence-corrected chi connectivity index (χ0v) is 13.7. The molecule has 0 aliphatic carbocycles. The number of hydrogen-bond acceptors (Lipinski definition) is 5. The van der Waals surface area contributed by atoms with E-state index < -0.39 is 0 Å². The number of methoxy groups -OCH3 is 1. The van der Waals surface area contributed by atoms with Gasteiger partial charge in [-0.05, 0) is 30.4 Å². The number of anilines is 1. The number of aromatic nitrogens is 1. The molecule has 1 fully saturated rings. The van der Waals surface area contributed by atoms with Gasteiger partial charge in [0.25, 0.3) is 0 Å². The maximum absolute atomic E-state index is 9.44. The van der Waals surface area contributed by atoms with E-state index in [-0.39, 0.29) is 0 Å². The number of benzene rings is 1. The van der Waals surface area contributed by atoms with Crippen LogP contribution in [0.4, 0.5) is 5.88 Å². The molecule has 0 unspecified atom stereocenters. The van der Waals surface area contributed by atoms with Gasteiger partial charge < -0.3 is 14.1 Å². The molecule has 23 heavy (non-hydrogen) atoms. The standard InChI is InChI=1S/C18H21N3O2/c1-12-8-13(2)11-21(10-12)18-15(9-19)20-17(23-18)14-6-4-5-7-16(14)22-3/h4-7,12-13H,8,10-11H2,1-3H3/t12-,13-/m1/s1. The van der Waals surface area contributed by atoms with Crippen molar-refractivity contribution in [1.29, 1.82) is 5.26 Å². The third-order valence-corrected chi connectivity index (χ3v) is 4.21. The number of para-hydroxylation sites is 1. The van der Waals surface area contributed by atoms with Crippen molar-refractivity contribution >= 4 is 5.88 Å². The lowest BCUT2D eigenvalue weighted by molar-refractivity contribution is 0.344. The highest BCUT2D eigenvalue weighted by Gasteiger charge is 2.28. The zero-order valence-electron chi connectivity index (χ0n) is 13.7. The van der Waals surface area contributed by atoms with Crippen molar-refractivity contribution in [3.05, 3.63) is 30.0 Å². The predicted molar refractivity (Wildman–Crippen MR) is 88.4 cm³/mol. The molecule has 1 aliphatic rings. The van der Waals surface area contributed by atoms with Crippen molar-refractivity contribution in [2.75, 3.05) is 25.1 Å². The molecule has 5 nitrogen and oxygen atoms in total. The molecule has 0 bridgehead atoms. The van der Waals surface area contributed by atoms with Gasteiger partial charge in [0.05, 0.1) is 12.7 Å². The summed E-state index contributed by atoms with van der Waals surface area (Å²) in [6, 6.07) is 9.70. The summed E-state index contributed by atoms with van der Waals surface area (Å²) < 4.78 is 11.3. The number of ether oxygens (including phenoxy) is 1. The summed E-state index contributed by atoms with van der Waals surface area (Å²) in [4.78, 5) is 6.53. The molecule has 120 valence electrons. The molecule has 2 aromatic rings. The summed E-state index contributed by atoms with van der Waals surface area (Å²) >= 11 is 0. The second-order valence-corrected chi connectivity index (χ2v) is 6.34. The highest BCUT2D eigenvalue weighted by atomic mass is 16.5. The Labute approximate surface area is 136 Å². The Morgan fingerprint density at radius 3 is 2.61 bits per heavy atom. The first-order valence-electron chi connectivity index (χ1n) is 7.91. The summed E-state index contributed by atoms with van der Waals surface area (Å²) in [6.45, 7) is 6.23. The topological polar surface area (TPSA) is 62.3 Å². The van der Waals surface area contributed by atoms with Gasteiger partial charge in [-0.3, -0.25) is 0 Å². The Bertz CT molecular complexity index is 722. The van der Waals surface area contributed by atoms with Gasteiger partial charge in [0.2, 0.25) is 17.5 Å². The molecule has 0 radical (unpaired) electrons. The Balaban J connectivity index is 2.00. The van der Waals surface area contributed by atoms with E-state index in [9.17, 15) is 5.26 Å². The maximum Gasteiger partial charge on any atom is 0.235 e. The van der Waals surface area contributed by atoms with Gasteiger partial charge in [0.15, 0.2) is 0 Å². The third kappa shape index (κ3) is 3.02. The van der Waals surface area contributed by atoms with Crippen molar-refractivity contribution < 1.29 is 9.15 Å². The van der Waals surface area contributed by atoms with Crippen LogP contribution in [-0.4, -0.2) is 25.2 Å². The smallest absolute Gasteiger partial charge is 0.235 e. The first-order valence-corrected chi connectivity index (χ1v) is 7.91. The molecule has 1 aromatic heterocycles. The average Bonchev–Trinajstić information content (AvgIpc) is 2.98. The van der Waals surface area contributed by atoms with Crippen LogP contribution in [0.5, 0.6) is 5.75 Å². The minimum Gasteiger partial charge on any atom is -0.496 e. The molecule has 0 spiro atoms. The molecule has 2 atom stereocenters. The molecule has 3 rings (SSSR count). The van der Waals surface area contributed by atoms with Gasteiger partial charge in [0, 0.05) is 13.1 Å². The highest BCUT2D eigenvalue weighted by Crippen LogP contribution is 2.35. The zero-order chi connectivity index (χ0) is 16.4. The molecule has 1 aromatic carbocycles. The van der Waals surface area contributed by atoms with Gasteiger partial charge in [-0.15, -0.1) is 0 Å². The van der Waals surface area contributed by atoms with Crippen molar-refractivity contribution in [3.63, 3.8) is 0 Å². The lowest BCUT2D eigenvalue weighted by Crippen LogP contribution is -2.38. The fourth-order valence-electron chi connectivity index (χ4n) is 3.36.